The number of nitro benzene ring substituents is 1. The molecule has 1 unspecified atom stereocenters. The van der Waals surface area contributed by atoms with Gasteiger partial charge in [0, 0.05) is 11.6 Å². The van der Waals surface area contributed by atoms with Crippen LogP contribution in [0.25, 0.3) is 0 Å². The van der Waals surface area contributed by atoms with Crippen LogP contribution in [0.15, 0.2) is 48.5 Å². The summed E-state index contributed by atoms with van der Waals surface area (Å²) in [6, 6.07) is 10.9. The molecule has 1 atom stereocenters. The third-order valence-electron chi connectivity index (χ3n) is 4.23. The Morgan fingerprint density at radius 3 is 2.44 bits per heavy atom. The highest BCUT2D eigenvalue weighted by Crippen LogP contribution is 2.28. The van der Waals surface area contributed by atoms with Crippen molar-refractivity contribution in [2.45, 2.75) is 32.4 Å². The van der Waals surface area contributed by atoms with Crippen molar-refractivity contribution >= 4 is 23.5 Å². The minimum atomic E-state index is -1.00. The Hall–Kier alpha value is -3.95. The molecule has 0 spiro atoms. The molecule has 10 heteroatoms. The van der Waals surface area contributed by atoms with E-state index in [2.05, 4.69) is 10.1 Å². The van der Waals surface area contributed by atoms with Gasteiger partial charge in [0.2, 0.25) is 0 Å². The van der Waals surface area contributed by atoms with Crippen molar-refractivity contribution in [3.8, 4) is 5.75 Å². The van der Waals surface area contributed by atoms with E-state index < -0.39 is 28.8 Å². The van der Waals surface area contributed by atoms with Gasteiger partial charge in [0.25, 0.3) is 11.6 Å². The molecule has 0 aliphatic rings. The molecular formula is C22H24N2O8. The Labute approximate surface area is 184 Å². The zero-order chi connectivity index (χ0) is 23.7. The van der Waals surface area contributed by atoms with Crippen LogP contribution in [0.4, 0.5) is 5.69 Å². The van der Waals surface area contributed by atoms with Crippen molar-refractivity contribution in [1.82, 2.24) is 5.32 Å². The maximum Gasteiger partial charge on any atom is 0.343 e. The first-order valence-corrected chi connectivity index (χ1v) is 9.74. The summed E-state index contributed by atoms with van der Waals surface area (Å²) in [5, 5.41) is 14.1. The predicted molar refractivity (Wildman–Crippen MR) is 113 cm³/mol. The van der Waals surface area contributed by atoms with Crippen molar-refractivity contribution in [3.05, 3.63) is 69.8 Å². The summed E-state index contributed by atoms with van der Waals surface area (Å²) in [6.07, 6.45) is -0.680. The van der Waals surface area contributed by atoms with E-state index in [1.807, 2.05) is 0 Å². The zero-order valence-corrected chi connectivity index (χ0v) is 17.9. The monoisotopic (exact) mass is 444 g/mol. The van der Waals surface area contributed by atoms with Crippen LogP contribution in [-0.2, 0) is 19.1 Å². The van der Waals surface area contributed by atoms with Gasteiger partial charge in [-0.25, -0.2) is 4.79 Å². The molecule has 0 saturated carbocycles. The normalized spacial score (nSPS) is 11.4. The van der Waals surface area contributed by atoms with Gasteiger partial charge < -0.3 is 19.5 Å². The van der Waals surface area contributed by atoms with E-state index >= 15 is 0 Å². The molecular weight excluding hydrogens is 420 g/mol. The first-order chi connectivity index (χ1) is 15.2. The lowest BCUT2D eigenvalue weighted by Gasteiger charge is -2.19. The topological polar surface area (TPSA) is 134 Å². The Morgan fingerprint density at radius 1 is 1.06 bits per heavy atom. The standard InChI is InChI=1S/C22H24N2O8/c1-14(2)32-20(25)12-18(17-9-4-5-10-19(17)24(28)29)23-22(27)15-7-6-8-16(11-15)31-13-21(26)30-3/h4-11,14,18H,12-13H2,1-3H3,(H,23,27). The number of amides is 1. The molecule has 2 aromatic carbocycles. The first kappa shape index (κ1) is 24.3. The number of benzene rings is 2. The van der Waals surface area contributed by atoms with E-state index in [4.69, 9.17) is 9.47 Å². The summed E-state index contributed by atoms with van der Waals surface area (Å²) in [6.45, 7) is 3.02. The average molecular weight is 444 g/mol. The second-order valence-electron chi connectivity index (χ2n) is 6.98. The summed E-state index contributed by atoms with van der Waals surface area (Å²) in [4.78, 5) is 47.3. The van der Waals surface area contributed by atoms with Crippen LogP contribution in [0.5, 0.6) is 5.75 Å². The van der Waals surface area contributed by atoms with Gasteiger partial charge in [-0.3, -0.25) is 19.7 Å². The summed E-state index contributed by atoms with van der Waals surface area (Å²) in [5.74, 6) is -1.53. The SMILES string of the molecule is COC(=O)COc1cccc(C(=O)NC(CC(=O)OC(C)C)c2ccccc2[N+](=O)[O-])c1. The van der Waals surface area contributed by atoms with Crippen molar-refractivity contribution in [2.24, 2.45) is 0 Å². The number of nitrogens with one attached hydrogen (secondary N) is 1. The number of para-hydroxylation sites is 1. The maximum atomic E-state index is 12.9. The number of ether oxygens (including phenoxy) is 3. The van der Waals surface area contributed by atoms with Crippen LogP contribution in [0.2, 0.25) is 0 Å². The molecule has 1 N–H and O–H groups in total. The number of carbonyl (C=O) groups is 3. The molecule has 0 bridgehead atoms. The molecule has 1 amide bonds. The second-order valence-corrected chi connectivity index (χ2v) is 6.98. The van der Waals surface area contributed by atoms with E-state index in [0.717, 1.165) is 0 Å². The molecule has 0 saturated heterocycles. The number of nitro groups is 1. The Kier molecular flexibility index (Phi) is 8.70. The van der Waals surface area contributed by atoms with E-state index in [9.17, 15) is 24.5 Å². The van der Waals surface area contributed by atoms with Crippen molar-refractivity contribution in [1.29, 1.82) is 0 Å². The molecule has 2 rings (SSSR count). The van der Waals surface area contributed by atoms with E-state index in [1.165, 1.54) is 37.4 Å². The Bertz CT molecular complexity index is 989. The van der Waals surface area contributed by atoms with Gasteiger partial charge in [-0.2, -0.15) is 0 Å². The number of hydrogen-bond donors (Lipinski definition) is 1. The minimum absolute atomic E-state index is 0.171. The summed E-state index contributed by atoms with van der Waals surface area (Å²) < 4.78 is 14.9. The van der Waals surface area contributed by atoms with Crippen LogP contribution in [-0.4, -0.2) is 42.6 Å². The third kappa shape index (κ3) is 7.08. The highest BCUT2D eigenvalue weighted by molar-refractivity contribution is 5.95. The highest BCUT2D eigenvalue weighted by Gasteiger charge is 2.27. The van der Waals surface area contributed by atoms with Gasteiger partial charge >= 0.3 is 11.9 Å². The van der Waals surface area contributed by atoms with Gasteiger partial charge in [-0.1, -0.05) is 24.3 Å². The zero-order valence-electron chi connectivity index (χ0n) is 17.9. The second kappa shape index (κ2) is 11.4. The van der Waals surface area contributed by atoms with Gasteiger partial charge in [0.05, 0.1) is 36.2 Å². The third-order valence-corrected chi connectivity index (χ3v) is 4.23. The Morgan fingerprint density at radius 2 is 1.78 bits per heavy atom. The summed E-state index contributed by atoms with van der Waals surface area (Å²) in [5.41, 5.74) is 0.114. The molecule has 170 valence electrons. The van der Waals surface area contributed by atoms with Crippen LogP contribution in [0, 0.1) is 10.1 Å². The van der Waals surface area contributed by atoms with Gasteiger partial charge in [-0.05, 0) is 32.0 Å². The van der Waals surface area contributed by atoms with Crippen molar-refractivity contribution in [2.75, 3.05) is 13.7 Å². The van der Waals surface area contributed by atoms with Crippen LogP contribution >= 0.6 is 0 Å². The van der Waals surface area contributed by atoms with E-state index in [0.29, 0.717) is 0 Å². The van der Waals surface area contributed by atoms with E-state index in [-0.39, 0.29) is 41.7 Å². The number of methoxy groups -OCH3 is 1. The molecule has 0 aromatic heterocycles. The fraction of sp³-hybridized carbons (Fsp3) is 0.318. The molecule has 0 aliphatic heterocycles. The molecule has 0 radical (unpaired) electrons. The van der Waals surface area contributed by atoms with Crippen molar-refractivity contribution < 1.29 is 33.5 Å². The first-order valence-electron chi connectivity index (χ1n) is 9.74. The lowest BCUT2D eigenvalue weighted by atomic mass is 10.0. The fourth-order valence-electron chi connectivity index (χ4n) is 2.83. The largest absolute Gasteiger partial charge is 0.482 e. The Balaban J connectivity index is 2.27. The van der Waals surface area contributed by atoms with Gasteiger partial charge in [-0.15, -0.1) is 0 Å². The smallest absolute Gasteiger partial charge is 0.343 e. The number of nitrogens with zero attached hydrogens (tertiary/aromatic N) is 1. The fourth-order valence-corrected chi connectivity index (χ4v) is 2.83. The molecule has 32 heavy (non-hydrogen) atoms. The van der Waals surface area contributed by atoms with Gasteiger partial charge in [0.15, 0.2) is 6.61 Å². The number of hydrogen-bond acceptors (Lipinski definition) is 8. The summed E-state index contributed by atoms with van der Waals surface area (Å²) in [7, 11) is 1.22. The molecule has 0 fully saturated rings. The minimum Gasteiger partial charge on any atom is -0.482 e. The lowest BCUT2D eigenvalue weighted by Crippen LogP contribution is -2.31. The summed E-state index contributed by atoms with van der Waals surface area (Å²) >= 11 is 0. The highest BCUT2D eigenvalue weighted by atomic mass is 16.6. The number of rotatable bonds is 10. The average Bonchev–Trinajstić information content (AvgIpc) is 2.76. The number of carbonyl (C=O) groups excluding carboxylic acids is 3. The molecule has 2 aromatic rings. The van der Waals surface area contributed by atoms with Gasteiger partial charge in [0.1, 0.15) is 5.75 Å². The van der Waals surface area contributed by atoms with Crippen LogP contribution in [0.1, 0.15) is 42.2 Å². The van der Waals surface area contributed by atoms with E-state index in [1.54, 1.807) is 32.0 Å². The maximum absolute atomic E-state index is 12.9. The van der Waals surface area contributed by atoms with Crippen molar-refractivity contribution in [3.63, 3.8) is 0 Å². The molecule has 0 heterocycles. The predicted octanol–water partition coefficient (Wildman–Crippen LogP) is 2.96. The quantitative estimate of drug-likeness (QED) is 0.336. The van der Waals surface area contributed by atoms with Crippen LogP contribution < -0.4 is 10.1 Å². The lowest BCUT2D eigenvalue weighted by molar-refractivity contribution is -0.385. The molecule has 0 aliphatic carbocycles. The number of esters is 2. The van der Waals surface area contributed by atoms with Crippen LogP contribution in [0.3, 0.4) is 0 Å². The molecule has 10 nitrogen and oxygen atoms in total.